The summed E-state index contributed by atoms with van der Waals surface area (Å²) in [5.41, 5.74) is 3.86. The van der Waals surface area contributed by atoms with Crippen LogP contribution in [-0.2, 0) is 0 Å². The van der Waals surface area contributed by atoms with E-state index in [-0.39, 0.29) is 17.5 Å². The maximum atomic E-state index is 12.8. The number of amides is 3. The number of hydrogen-bond acceptors (Lipinski definition) is 2. The third-order valence-electron chi connectivity index (χ3n) is 4.41. The Morgan fingerprint density at radius 1 is 0.875 bits per heavy atom. The molecule has 1 aromatic rings. The van der Waals surface area contributed by atoms with Gasteiger partial charge in [-0.25, -0.2) is 4.79 Å². The molecule has 0 aliphatic carbocycles. The molecule has 1 saturated heterocycles. The van der Waals surface area contributed by atoms with Crippen LogP contribution in [-0.4, -0.2) is 53.5 Å². The second-order valence-corrected chi connectivity index (χ2v) is 7.71. The highest BCUT2D eigenvalue weighted by Gasteiger charge is 2.27. The molecule has 0 radical (unpaired) electrons. The van der Waals surface area contributed by atoms with Crippen molar-refractivity contribution in [2.24, 2.45) is 0 Å². The predicted octanol–water partition coefficient (Wildman–Crippen LogP) is 2.88. The Bertz CT molecular complexity index is 639. The monoisotopic (exact) mass is 331 g/mol. The lowest BCUT2D eigenvalue weighted by molar-refractivity contribution is 0.0660. The smallest absolute Gasteiger partial charge is 0.317 e. The quantitative estimate of drug-likeness (QED) is 0.860. The number of carbonyl (C=O) groups excluding carboxylic acids is 2. The number of urea groups is 1. The highest BCUT2D eigenvalue weighted by molar-refractivity contribution is 5.96. The van der Waals surface area contributed by atoms with Gasteiger partial charge in [0.25, 0.3) is 5.91 Å². The third kappa shape index (κ3) is 4.28. The normalized spacial score (nSPS) is 15.4. The fraction of sp³-hybridized carbons (Fsp3) is 0.579. The summed E-state index contributed by atoms with van der Waals surface area (Å²) in [6.07, 6.45) is 0. The fourth-order valence-corrected chi connectivity index (χ4v) is 2.87. The molecule has 3 amide bonds. The molecule has 0 unspecified atom stereocenters. The lowest BCUT2D eigenvalue weighted by Crippen LogP contribution is -2.56. The van der Waals surface area contributed by atoms with Gasteiger partial charge in [-0.05, 0) is 64.3 Å². The molecule has 0 saturated carbocycles. The Morgan fingerprint density at radius 2 is 1.38 bits per heavy atom. The lowest BCUT2D eigenvalue weighted by Gasteiger charge is -2.36. The van der Waals surface area contributed by atoms with E-state index in [0.29, 0.717) is 26.2 Å². The summed E-state index contributed by atoms with van der Waals surface area (Å²) in [6, 6.07) is 3.98. The van der Waals surface area contributed by atoms with E-state index in [0.717, 1.165) is 16.7 Å². The SMILES string of the molecule is Cc1cc(C)c(C(=O)N2CCN(C(=O)NC(C)(C)C)CC2)cc1C. The molecule has 24 heavy (non-hydrogen) atoms. The van der Waals surface area contributed by atoms with Crippen LogP contribution in [0.3, 0.4) is 0 Å². The van der Waals surface area contributed by atoms with Crippen LogP contribution in [0.25, 0.3) is 0 Å². The van der Waals surface area contributed by atoms with Crippen LogP contribution >= 0.6 is 0 Å². The Morgan fingerprint density at radius 3 is 1.92 bits per heavy atom. The maximum absolute atomic E-state index is 12.8. The van der Waals surface area contributed by atoms with Gasteiger partial charge in [-0.1, -0.05) is 6.07 Å². The van der Waals surface area contributed by atoms with Crippen molar-refractivity contribution in [2.75, 3.05) is 26.2 Å². The van der Waals surface area contributed by atoms with Crippen molar-refractivity contribution >= 4 is 11.9 Å². The molecule has 5 heteroatoms. The molecule has 1 N–H and O–H groups in total. The second-order valence-electron chi connectivity index (χ2n) is 7.71. The number of aryl methyl sites for hydroxylation is 3. The van der Waals surface area contributed by atoms with Gasteiger partial charge in [-0.2, -0.15) is 0 Å². The number of carbonyl (C=O) groups is 2. The number of nitrogens with zero attached hydrogens (tertiary/aromatic N) is 2. The van der Waals surface area contributed by atoms with E-state index in [4.69, 9.17) is 0 Å². The van der Waals surface area contributed by atoms with Crippen LogP contribution in [0.2, 0.25) is 0 Å². The van der Waals surface area contributed by atoms with Crippen molar-refractivity contribution in [3.63, 3.8) is 0 Å². The Kier molecular flexibility index (Phi) is 5.21. The zero-order valence-corrected chi connectivity index (χ0v) is 15.7. The number of benzene rings is 1. The van der Waals surface area contributed by atoms with Gasteiger partial charge in [0, 0.05) is 37.3 Å². The Hall–Kier alpha value is -2.04. The van der Waals surface area contributed by atoms with Crippen LogP contribution in [0.15, 0.2) is 12.1 Å². The second kappa shape index (κ2) is 6.83. The average Bonchev–Trinajstić information content (AvgIpc) is 2.49. The minimum absolute atomic E-state index is 0.0584. The Balaban J connectivity index is 2.01. The Labute approximate surface area is 145 Å². The summed E-state index contributed by atoms with van der Waals surface area (Å²) < 4.78 is 0. The molecule has 0 spiro atoms. The van der Waals surface area contributed by atoms with Gasteiger partial charge in [0.05, 0.1) is 0 Å². The summed E-state index contributed by atoms with van der Waals surface area (Å²) in [5.74, 6) is 0.0616. The number of piperazine rings is 1. The third-order valence-corrected chi connectivity index (χ3v) is 4.41. The molecular weight excluding hydrogens is 302 g/mol. The van der Waals surface area contributed by atoms with Crippen molar-refractivity contribution in [3.05, 3.63) is 34.4 Å². The van der Waals surface area contributed by atoms with Crippen molar-refractivity contribution in [3.8, 4) is 0 Å². The molecule has 1 heterocycles. The van der Waals surface area contributed by atoms with Crippen molar-refractivity contribution in [1.29, 1.82) is 0 Å². The molecule has 1 aliphatic heterocycles. The minimum Gasteiger partial charge on any atom is -0.335 e. The average molecular weight is 331 g/mol. The van der Waals surface area contributed by atoms with Gasteiger partial charge in [-0.3, -0.25) is 4.79 Å². The van der Waals surface area contributed by atoms with E-state index in [1.807, 2.05) is 45.6 Å². The van der Waals surface area contributed by atoms with Crippen molar-refractivity contribution in [1.82, 2.24) is 15.1 Å². The van der Waals surface area contributed by atoms with Gasteiger partial charge in [0.1, 0.15) is 0 Å². The zero-order valence-electron chi connectivity index (χ0n) is 15.7. The molecular formula is C19H29N3O2. The summed E-state index contributed by atoms with van der Waals surface area (Å²) in [5, 5.41) is 2.97. The van der Waals surface area contributed by atoms with E-state index >= 15 is 0 Å². The maximum Gasteiger partial charge on any atom is 0.317 e. The summed E-state index contributed by atoms with van der Waals surface area (Å²) in [4.78, 5) is 28.6. The molecule has 0 bridgehead atoms. The van der Waals surface area contributed by atoms with E-state index in [1.165, 1.54) is 5.56 Å². The molecule has 1 fully saturated rings. The topological polar surface area (TPSA) is 52.7 Å². The first-order valence-electron chi connectivity index (χ1n) is 8.53. The van der Waals surface area contributed by atoms with Crippen molar-refractivity contribution in [2.45, 2.75) is 47.1 Å². The van der Waals surface area contributed by atoms with Gasteiger partial charge in [0.2, 0.25) is 0 Å². The highest BCUT2D eigenvalue weighted by atomic mass is 16.2. The fourth-order valence-electron chi connectivity index (χ4n) is 2.87. The molecule has 1 aromatic carbocycles. The van der Waals surface area contributed by atoms with Crippen molar-refractivity contribution < 1.29 is 9.59 Å². The largest absolute Gasteiger partial charge is 0.335 e. The molecule has 2 rings (SSSR count). The van der Waals surface area contributed by atoms with Crippen LogP contribution in [0, 0.1) is 20.8 Å². The van der Waals surface area contributed by atoms with Gasteiger partial charge in [0.15, 0.2) is 0 Å². The summed E-state index contributed by atoms with van der Waals surface area (Å²) >= 11 is 0. The van der Waals surface area contributed by atoms with E-state index in [2.05, 4.69) is 18.3 Å². The van der Waals surface area contributed by atoms with Crippen LogP contribution in [0.1, 0.15) is 47.8 Å². The minimum atomic E-state index is -0.249. The molecule has 132 valence electrons. The van der Waals surface area contributed by atoms with Crippen LogP contribution < -0.4 is 5.32 Å². The first-order chi connectivity index (χ1) is 11.1. The number of rotatable bonds is 1. The van der Waals surface area contributed by atoms with Gasteiger partial charge < -0.3 is 15.1 Å². The zero-order chi connectivity index (χ0) is 18.1. The highest BCUT2D eigenvalue weighted by Crippen LogP contribution is 2.18. The first kappa shape index (κ1) is 18.3. The van der Waals surface area contributed by atoms with E-state index < -0.39 is 0 Å². The molecule has 1 aliphatic rings. The van der Waals surface area contributed by atoms with Gasteiger partial charge in [-0.15, -0.1) is 0 Å². The van der Waals surface area contributed by atoms with E-state index in [1.54, 1.807) is 4.90 Å². The number of hydrogen-bond donors (Lipinski definition) is 1. The number of nitrogens with one attached hydrogen (secondary N) is 1. The van der Waals surface area contributed by atoms with Crippen LogP contribution in [0.4, 0.5) is 4.79 Å². The summed E-state index contributed by atoms with van der Waals surface area (Å²) in [7, 11) is 0. The van der Waals surface area contributed by atoms with E-state index in [9.17, 15) is 9.59 Å². The predicted molar refractivity (Wildman–Crippen MR) is 96.4 cm³/mol. The standard InChI is InChI=1S/C19H29N3O2/c1-13-11-15(3)16(12-14(13)2)17(23)21-7-9-22(10-8-21)18(24)20-19(4,5)6/h11-12H,7-10H2,1-6H3,(H,20,24). The van der Waals surface area contributed by atoms with Gasteiger partial charge >= 0.3 is 6.03 Å². The molecule has 0 atom stereocenters. The molecule has 0 aromatic heterocycles. The molecule has 5 nitrogen and oxygen atoms in total. The lowest BCUT2D eigenvalue weighted by atomic mass is 10.00. The first-order valence-corrected chi connectivity index (χ1v) is 8.53. The van der Waals surface area contributed by atoms with Crippen LogP contribution in [0.5, 0.6) is 0 Å². The summed E-state index contributed by atoms with van der Waals surface area (Å²) in [6.45, 7) is 14.2.